The predicted octanol–water partition coefficient (Wildman–Crippen LogP) is 6.32. The molecule has 3 rings (SSSR count). The van der Waals surface area contributed by atoms with Crippen LogP contribution in [0.1, 0.15) is 0 Å². The van der Waals surface area contributed by atoms with E-state index in [0.29, 0.717) is 11.3 Å². The zero-order valence-corrected chi connectivity index (χ0v) is 18.6. The second-order valence-corrected chi connectivity index (χ2v) is 6.81. The normalized spacial score (nSPS) is 10.7. The monoisotopic (exact) mass is 472 g/mol. The highest BCUT2D eigenvalue weighted by Crippen LogP contribution is 2.29. The standard InChI is InChI=1S/C28H21FO6/c1-3-27(30)34-17-15-32-24-12-9-21(10-13-24)20-5-7-22(8-6-20)23-11-14-26(25(29)19-23)33-16-18-35-28(31)4-2/h3-19H,1-2H2/b17-15-,18-16-. The predicted molar refractivity (Wildman–Crippen MR) is 129 cm³/mol. The summed E-state index contributed by atoms with van der Waals surface area (Å²) in [5, 5.41) is 0. The van der Waals surface area contributed by atoms with Crippen molar-refractivity contribution in [1.82, 2.24) is 0 Å². The van der Waals surface area contributed by atoms with Gasteiger partial charge in [-0.15, -0.1) is 0 Å². The van der Waals surface area contributed by atoms with Crippen molar-refractivity contribution in [2.45, 2.75) is 0 Å². The van der Waals surface area contributed by atoms with Crippen LogP contribution in [-0.4, -0.2) is 11.9 Å². The van der Waals surface area contributed by atoms with Gasteiger partial charge in [-0.3, -0.25) is 0 Å². The van der Waals surface area contributed by atoms with E-state index in [1.807, 2.05) is 36.4 Å². The zero-order chi connectivity index (χ0) is 25.0. The van der Waals surface area contributed by atoms with Crippen LogP contribution in [-0.2, 0) is 19.1 Å². The summed E-state index contributed by atoms with van der Waals surface area (Å²) >= 11 is 0. The second-order valence-electron chi connectivity index (χ2n) is 6.81. The summed E-state index contributed by atoms with van der Waals surface area (Å²) in [5.74, 6) is -1.21. The lowest BCUT2D eigenvalue weighted by Crippen LogP contribution is -1.94. The van der Waals surface area contributed by atoms with Gasteiger partial charge in [0.15, 0.2) is 11.6 Å². The van der Waals surface area contributed by atoms with E-state index in [-0.39, 0.29) is 5.75 Å². The fraction of sp³-hybridized carbons (Fsp3) is 0. The Kier molecular flexibility index (Phi) is 8.73. The highest BCUT2D eigenvalue weighted by atomic mass is 19.1. The average Bonchev–Trinajstić information content (AvgIpc) is 2.90. The van der Waals surface area contributed by atoms with Crippen molar-refractivity contribution < 1.29 is 32.9 Å². The molecule has 6 nitrogen and oxygen atoms in total. The molecule has 3 aromatic carbocycles. The Labute approximate surface area is 201 Å². The van der Waals surface area contributed by atoms with E-state index < -0.39 is 17.8 Å². The van der Waals surface area contributed by atoms with Gasteiger partial charge in [-0.25, -0.2) is 14.0 Å². The van der Waals surface area contributed by atoms with Gasteiger partial charge in [-0.2, -0.15) is 0 Å². The molecule has 35 heavy (non-hydrogen) atoms. The highest BCUT2D eigenvalue weighted by Gasteiger charge is 2.07. The third-order valence-corrected chi connectivity index (χ3v) is 4.55. The van der Waals surface area contributed by atoms with Crippen molar-refractivity contribution >= 4 is 11.9 Å². The van der Waals surface area contributed by atoms with E-state index in [9.17, 15) is 14.0 Å². The number of halogens is 1. The molecule has 0 unspecified atom stereocenters. The summed E-state index contributed by atoms with van der Waals surface area (Å²) in [6.45, 7) is 6.56. The molecule has 0 radical (unpaired) electrons. The summed E-state index contributed by atoms with van der Waals surface area (Å²) in [7, 11) is 0. The molecule has 0 aliphatic carbocycles. The Bertz CT molecular complexity index is 1260. The van der Waals surface area contributed by atoms with E-state index in [2.05, 4.69) is 22.6 Å². The summed E-state index contributed by atoms with van der Waals surface area (Å²) in [6, 6.07) is 19.6. The number of carbonyl (C=O) groups excluding carboxylic acids is 2. The van der Waals surface area contributed by atoms with Gasteiger partial charge < -0.3 is 18.9 Å². The minimum Gasteiger partial charge on any atom is -0.462 e. The molecule has 0 amide bonds. The molecular formula is C28H21FO6. The number of rotatable bonds is 10. The van der Waals surface area contributed by atoms with Gasteiger partial charge in [0.1, 0.15) is 30.8 Å². The van der Waals surface area contributed by atoms with Crippen molar-refractivity contribution in [3.8, 4) is 33.8 Å². The first kappa shape index (κ1) is 24.7. The van der Waals surface area contributed by atoms with E-state index in [4.69, 9.17) is 9.47 Å². The van der Waals surface area contributed by atoms with Crippen molar-refractivity contribution in [1.29, 1.82) is 0 Å². The Morgan fingerprint density at radius 3 is 1.60 bits per heavy atom. The maximum atomic E-state index is 14.4. The molecule has 0 atom stereocenters. The van der Waals surface area contributed by atoms with Crippen LogP contribution in [0.5, 0.6) is 11.5 Å². The van der Waals surface area contributed by atoms with Crippen LogP contribution in [0.4, 0.5) is 4.39 Å². The van der Waals surface area contributed by atoms with E-state index in [1.54, 1.807) is 18.2 Å². The fourth-order valence-electron chi connectivity index (χ4n) is 2.85. The van der Waals surface area contributed by atoms with Crippen LogP contribution < -0.4 is 9.47 Å². The quantitative estimate of drug-likeness (QED) is 0.195. The summed E-state index contributed by atoms with van der Waals surface area (Å²) < 4.78 is 34.2. The SMILES string of the molecule is C=CC(=O)O/C=C\Oc1ccc(-c2ccc(-c3ccc(O/C=C\OC(=O)C=C)c(F)c3)cc2)cc1. The maximum Gasteiger partial charge on any atom is 0.335 e. The number of hydrogen-bond donors (Lipinski definition) is 0. The molecule has 3 aromatic rings. The van der Waals surface area contributed by atoms with Gasteiger partial charge in [0.2, 0.25) is 0 Å². The second kappa shape index (κ2) is 12.4. The lowest BCUT2D eigenvalue weighted by molar-refractivity contribution is -0.133. The summed E-state index contributed by atoms with van der Waals surface area (Å²) in [4.78, 5) is 21.9. The number of hydrogen-bond acceptors (Lipinski definition) is 6. The van der Waals surface area contributed by atoms with Gasteiger partial charge in [0.25, 0.3) is 0 Å². The average molecular weight is 472 g/mol. The number of benzene rings is 3. The van der Waals surface area contributed by atoms with Gasteiger partial charge in [0, 0.05) is 12.2 Å². The van der Waals surface area contributed by atoms with Crippen LogP contribution in [0.3, 0.4) is 0 Å². The maximum absolute atomic E-state index is 14.4. The molecule has 7 heteroatoms. The molecule has 0 aliphatic rings. The number of carbonyl (C=O) groups is 2. The Balaban J connectivity index is 1.61. The third-order valence-electron chi connectivity index (χ3n) is 4.55. The van der Waals surface area contributed by atoms with Crippen LogP contribution >= 0.6 is 0 Å². The Hall–Kier alpha value is -4.91. The van der Waals surface area contributed by atoms with E-state index in [1.165, 1.54) is 18.4 Å². The lowest BCUT2D eigenvalue weighted by atomic mass is 10.00. The van der Waals surface area contributed by atoms with Crippen molar-refractivity contribution in [2.24, 2.45) is 0 Å². The molecule has 0 saturated heterocycles. The Morgan fingerprint density at radius 1 is 0.629 bits per heavy atom. The molecule has 0 heterocycles. The number of ether oxygens (including phenoxy) is 4. The molecule has 0 aliphatic heterocycles. The highest BCUT2D eigenvalue weighted by molar-refractivity contribution is 5.82. The molecule has 0 spiro atoms. The molecule has 0 aromatic heterocycles. The zero-order valence-electron chi connectivity index (χ0n) is 18.6. The van der Waals surface area contributed by atoms with Gasteiger partial charge in [0.05, 0.1) is 0 Å². The molecule has 0 saturated carbocycles. The van der Waals surface area contributed by atoms with Gasteiger partial charge in [-0.05, 0) is 46.5 Å². The summed E-state index contributed by atoms with van der Waals surface area (Å²) in [6.07, 6.45) is 6.52. The number of esters is 2. The van der Waals surface area contributed by atoms with Crippen LogP contribution in [0.25, 0.3) is 22.3 Å². The Morgan fingerprint density at radius 2 is 1.09 bits per heavy atom. The molecular weight excluding hydrogens is 451 g/mol. The van der Waals surface area contributed by atoms with Crippen molar-refractivity contribution in [2.75, 3.05) is 0 Å². The first-order chi connectivity index (χ1) is 17.0. The van der Waals surface area contributed by atoms with E-state index >= 15 is 0 Å². The fourth-order valence-corrected chi connectivity index (χ4v) is 2.85. The first-order valence-electron chi connectivity index (χ1n) is 10.3. The first-order valence-corrected chi connectivity index (χ1v) is 10.3. The largest absolute Gasteiger partial charge is 0.462 e. The topological polar surface area (TPSA) is 71.1 Å². The molecule has 0 N–H and O–H groups in total. The minimum absolute atomic E-state index is 0.00714. The van der Waals surface area contributed by atoms with Crippen LogP contribution in [0, 0.1) is 5.82 Å². The van der Waals surface area contributed by atoms with Crippen LogP contribution in [0.15, 0.2) is 117 Å². The third kappa shape index (κ3) is 7.30. The smallest absolute Gasteiger partial charge is 0.335 e. The molecule has 0 fully saturated rings. The molecule has 0 bridgehead atoms. The minimum atomic E-state index is -0.644. The molecule has 176 valence electrons. The van der Waals surface area contributed by atoms with Crippen molar-refractivity contribution in [3.63, 3.8) is 0 Å². The van der Waals surface area contributed by atoms with Crippen molar-refractivity contribution in [3.05, 3.63) is 123 Å². The lowest BCUT2D eigenvalue weighted by Gasteiger charge is -2.08. The van der Waals surface area contributed by atoms with Gasteiger partial charge in [-0.1, -0.05) is 55.6 Å². The van der Waals surface area contributed by atoms with Gasteiger partial charge >= 0.3 is 11.9 Å². The summed E-state index contributed by atoms with van der Waals surface area (Å²) in [5.41, 5.74) is 3.44. The van der Waals surface area contributed by atoms with E-state index in [0.717, 1.165) is 47.6 Å². The van der Waals surface area contributed by atoms with Crippen LogP contribution in [0.2, 0.25) is 0 Å².